The van der Waals surface area contributed by atoms with Gasteiger partial charge in [-0.15, -0.1) is 0 Å². The molecule has 1 saturated carbocycles. The highest BCUT2D eigenvalue weighted by Crippen LogP contribution is 2.43. The Morgan fingerprint density at radius 1 is 1.31 bits per heavy atom. The first-order valence-corrected chi connectivity index (χ1v) is 4.66. The molecular formula is C10H11N3. The maximum absolute atomic E-state index is 4.20. The van der Waals surface area contributed by atoms with E-state index in [1.165, 1.54) is 24.0 Å². The van der Waals surface area contributed by atoms with Crippen LogP contribution in [0.15, 0.2) is 12.1 Å². The molecule has 0 radical (unpaired) electrons. The molecular weight excluding hydrogens is 162 g/mol. The number of aromatic nitrogens is 3. The van der Waals surface area contributed by atoms with Gasteiger partial charge in [0, 0.05) is 0 Å². The average Bonchev–Trinajstić information content (AvgIpc) is 2.82. The summed E-state index contributed by atoms with van der Waals surface area (Å²) in [6.45, 7) is 2.15. The quantitative estimate of drug-likeness (QED) is 0.717. The first kappa shape index (κ1) is 7.06. The van der Waals surface area contributed by atoms with Gasteiger partial charge in [-0.25, -0.2) is 0 Å². The van der Waals surface area contributed by atoms with Crippen molar-refractivity contribution in [2.75, 3.05) is 0 Å². The van der Waals surface area contributed by atoms with E-state index >= 15 is 0 Å². The molecule has 1 aliphatic rings. The lowest BCUT2D eigenvalue weighted by Crippen LogP contribution is -1.87. The zero-order valence-electron chi connectivity index (χ0n) is 7.54. The molecule has 2 aromatic rings. The van der Waals surface area contributed by atoms with Crippen LogP contribution in [-0.4, -0.2) is 15.4 Å². The SMILES string of the molecule is Cc1ccc2n[nH]nc2c1C1CC1. The molecule has 3 heteroatoms. The van der Waals surface area contributed by atoms with Crippen molar-refractivity contribution in [3.05, 3.63) is 23.3 Å². The van der Waals surface area contributed by atoms with Crippen LogP contribution in [0.25, 0.3) is 11.0 Å². The van der Waals surface area contributed by atoms with Crippen LogP contribution >= 0.6 is 0 Å². The van der Waals surface area contributed by atoms with Crippen molar-refractivity contribution in [1.29, 1.82) is 0 Å². The molecule has 1 aliphatic carbocycles. The van der Waals surface area contributed by atoms with E-state index < -0.39 is 0 Å². The molecule has 13 heavy (non-hydrogen) atoms. The van der Waals surface area contributed by atoms with Crippen LogP contribution in [0.1, 0.15) is 29.9 Å². The lowest BCUT2D eigenvalue weighted by molar-refractivity contribution is 0.955. The van der Waals surface area contributed by atoms with Gasteiger partial charge in [-0.3, -0.25) is 0 Å². The fourth-order valence-corrected chi connectivity index (χ4v) is 1.92. The maximum Gasteiger partial charge on any atom is 0.116 e. The van der Waals surface area contributed by atoms with Gasteiger partial charge < -0.3 is 0 Å². The van der Waals surface area contributed by atoms with E-state index in [0.717, 1.165) is 17.0 Å². The molecule has 0 atom stereocenters. The number of hydrogen-bond donors (Lipinski definition) is 1. The van der Waals surface area contributed by atoms with Gasteiger partial charge in [0.2, 0.25) is 0 Å². The van der Waals surface area contributed by atoms with Crippen LogP contribution in [0, 0.1) is 6.92 Å². The number of nitrogens with one attached hydrogen (secondary N) is 1. The standard InChI is InChI=1S/C10H11N3/c1-6-2-5-8-10(12-13-11-8)9(6)7-3-4-7/h2,5,7H,3-4H2,1H3,(H,11,12,13). The van der Waals surface area contributed by atoms with Gasteiger partial charge in [-0.05, 0) is 42.9 Å². The number of aromatic amines is 1. The molecule has 0 unspecified atom stereocenters. The fraction of sp³-hybridized carbons (Fsp3) is 0.400. The van der Waals surface area contributed by atoms with E-state index in [0.29, 0.717) is 0 Å². The van der Waals surface area contributed by atoms with Gasteiger partial charge in [-0.2, -0.15) is 15.4 Å². The van der Waals surface area contributed by atoms with Crippen molar-refractivity contribution in [2.24, 2.45) is 0 Å². The van der Waals surface area contributed by atoms with Gasteiger partial charge in [0.25, 0.3) is 0 Å². The van der Waals surface area contributed by atoms with Crippen LogP contribution in [0.5, 0.6) is 0 Å². The Morgan fingerprint density at radius 2 is 2.15 bits per heavy atom. The van der Waals surface area contributed by atoms with E-state index in [1.54, 1.807) is 0 Å². The van der Waals surface area contributed by atoms with Crippen LogP contribution in [0.2, 0.25) is 0 Å². The highest BCUT2D eigenvalue weighted by molar-refractivity contribution is 5.79. The number of hydrogen-bond acceptors (Lipinski definition) is 2. The molecule has 3 rings (SSSR count). The zero-order valence-corrected chi connectivity index (χ0v) is 7.54. The van der Waals surface area contributed by atoms with Crippen molar-refractivity contribution in [2.45, 2.75) is 25.7 Å². The second kappa shape index (κ2) is 2.31. The van der Waals surface area contributed by atoms with Gasteiger partial charge in [-0.1, -0.05) is 6.07 Å². The zero-order chi connectivity index (χ0) is 8.84. The van der Waals surface area contributed by atoms with Gasteiger partial charge in [0.05, 0.1) is 0 Å². The minimum Gasteiger partial charge on any atom is -0.197 e. The second-order valence-electron chi connectivity index (χ2n) is 3.76. The van der Waals surface area contributed by atoms with Crippen LogP contribution < -0.4 is 0 Å². The third-order valence-electron chi connectivity index (χ3n) is 2.73. The summed E-state index contributed by atoms with van der Waals surface area (Å²) in [5, 5.41) is 11.0. The largest absolute Gasteiger partial charge is 0.197 e. The molecule has 1 heterocycles. The molecule has 1 aromatic heterocycles. The Morgan fingerprint density at radius 3 is 2.92 bits per heavy atom. The predicted octanol–water partition coefficient (Wildman–Crippen LogP) is 2.14. The number of aryl methyl sites for hydroxylation is 1. The Balaban J connectivity index is 2.36. The van der Waals surface area contributed by atoms with Crippen molar-refractivity contribution < 1.29 is 0 Å². The summed E-state index contributed by atoms with van der Waals surface area (Å²) in [4.78, 5) is 0. The lowest BCUT2D eigenvalue weighted by Gasteiger charge is -2.02. The van der Waals surface area contributed by atoms with Crippen LogP contribution in [0.3, 0.4) is 0 Å². The molecule has 0 spiro atoms. The summed E-state index contributed by atoms with van der Waals surface area (Å²) >= 11 is 0. The molecule has 0 amide bonds. The maximum atomic E-state index is 4.20. The predicted molar refractivity (Wildman–Crippen MR) is 50.6 cm³/mol. The number of H-pyrrole nitrogens is 1. The van der Waals surface area contributed by atoms with Gasteiger partial charge >= 0.3 is 0 Å². The molecule has 0 aliphatic heterocycles. The van der Waals surface area contributed by atoms with E-state index in [1.807, 2.05) is 6.07 Å². The highest BCUT2D eigenvalue weighted by atomic mass is 15.3. The van der Waals surface area contributed by atoms with Gasteiger partial charge in [0.1, 0.15) is 11.0 Å². The van der Waals surface area contributed by atoms with Crippen molar-refractivity contribution in [3.63, 3.8) is 0 Å². The summed E-state index contributed by atoms with van der Waals surface area (Å²) in [5.74, 6) is 0.744. The minimum atomic E-state index is 0.744. The number of benzene rings is 1. The molecule has 1 fully saturated rings. The average molecular weight is 173 g/mol. The first-order chi connectivity index (χ1) is 6.36. The van der Waals surface area contributed by atoms with E-state index in [-0.39, 0.29) is 0 Å². The molecule has 66 valence electrons. The second-order valence-corrected chi connectivity index (χ2v) is 3.76. The number of rotatable bonds is 1. The topological polar surface area (TPSA) is 41.6 Å². The molecule has 1 aromatic carbocycles. The summed E-state index contributed by atoms with van der Waals surface area (Å²) in [6, 6.07) is 4.17. The molecule has 1 N–H and O–H groups in total. The Kier molecular flexibility index (Phi) is 1.26. The molecule has 0 bridgehead atoms. The minimum absolute atomic E-state index is 0.744. The number of nitrogens with zero attached hydrogens (tertiary/aromatic N) is 2. The smallest absolute Gasteiger partial charge is 0.116 e. The third-order valence-corrected chi connectivity index (χ3v) is 2.73. The summed E-state index contributed by atoms with van der Waals surface area (Å²) in [7, 11) is 0. The van der Waals surface area contributed by atoms with Crippen molar-refractivity contribution in [1.82, 2.24) is 15.4 Å². The molecule has 0 saturated heterocycles. The van der Waals surface area contributed by atoms with E-state index in [9.17, 15) is 0 Å². The normalized spacial score (nSPS) is 16.7. The Hall–Kier alpha value is -1.38. The Bertz CT molecular complexity index is 454. The lowest BCUT2D eigenvalue weighted by atomic mass is 10.0. The third kappa shape index (κ3) is 0.963. The van der Waals surface area contributed by atoms with Crippen LogP contribution in [0.4, 0.5) is 0 Å². The molecule has 3 nitrogen and oxygen atoms in total. The van der Waals surface area contributed by atoms with E-state index in [2.05, 4.69) is 28.4 Å². The summed E-state index contributed by atoms with van der Waals surface area (Å²) in [6.07, 6.45) is 2.62. The highest BCUT2D eigenvalue weighted by Gasteiger charge is 2.27. The van der Waals surface area contributed by atoms with Crippen molar-refractivity contribution >= 4 is 11.0 Å². The van der Waals surface area contributed by atoms with E-state index in [4.69, 9.17) is 0 Å². The van der Waals surface area contributed by atoms with Crippen molar-refractivity contribution in [3.8, 4) is 0 Å². The van der Waals surface area contributed by atoms with Crippen LogP contribution in [-0.2, 0) is 0 Å². The fourth-order valence-electron chi connectivity index (χ4n) is 1.92. The Labute approximate surface area is 76.2 Å². The van der Waals surface area contributed by atoms with Gasteiger partial charge in [0.15, 0.2) is 0 Å². The summed E-state index contributed by atoms with van der Waals surface area (Å²) in [5.41, 5.74) is 4.82. The first-order valence-electron chi connectivity index (χ1n) is 4.66. The number of fused-ring (bicyclic) bond motifs is 1. The summed E-state index contributed by atoms with van der Waals surface area (Å²) < 4.78 is 0. The monoisotopic (exact) mass is 173 g/mol.